The Labute approximate surface area is 221 Å². The number of rotatable bonds is 4. The fraction of sp³-hybridized carbons (Fsp3) is 0.423. The van der Waals surface area contributed by atoms with Gasteiger partial charge in [0.1, 0.15) is 34.8 Å². The zero-order valence-corrected chi connectivity index (χ0v) is 22.2. The molecule has 1 aromatic carbocycles. The number of hydrogen-bond acceptors (Lipinski definition) is 7. The quantitative estimate of drug-likeness (QED) is 0.322. The molecule has 8 nitrogen and oxygen atoms in total. The molecule has 10 heteroatoms. The van der Waals surface area contributed by atoms with E-state index in [0.717, 1.165) is 45.0 Å². The van der Waals surface area contributed by atoms with Crippen LogP contribution in [0.3, 0.4) is 0 Å². The van der Waals surface area contributed by atoms with Gasteiger partial charge in [-0.1, -0.05) is 11.6 Å². The van der Waals surface area contributed by atoms with Crippen molar-refractivity contribution in [2.45, 2.75) is 50.7 Å². The lowest BCUT2D eigenvalue weighted by Crippen LogP contribution is -2.51. The highest BCUT2D eigenvalue weighted by atomic mass is 79.9. The summed E-state index contributed by atoms with van der Waals surface area (Å²) in [5, 5.41) is 2.30. The van der Waals surface area contributed by atoms with E-state index in [1.54, 1.807) is 0 Å². The van der Waals surface area contributed by atoms with Gasteiger partial charge in [-0.25, -0.2) is 15.0 Å². The van der Waals surface area contributed by atoms with Crippen LogP contribution >= 0.6 is 27.5 Å². The summed E-state index contributed by atoms with van der Waals surface area (Å²) >= 11 is 9.81. The monoisotopic (exact) mass is 569 g/mol. The fourth-order valence-corrected chi connectivity index (χ4v) is 7.02. The van der Waals surface area contributed by atoms with Gasteiger partial charge in [-0.2, -0.15) is 0 Å². The average Bonchev–Trinajstić information content (AvgIpc) is 3.43. The molecule has 1 aliphatic heterocycles. The van der Waals surface area contributed by atoms with Gasteiger partial charge in [0.15, 0.2) is 5.79 Å². The molecule has 3 aromatic heterocycles. The van der Waals surface area contributed by atoms with Crippen LogP contribution in [0.1, 0.15) is 32.7 Å². The first-order chi connectivity index (χ1) is 17.3. The van der Waals surface area contributed by atoms with Crippen molar-refractivity contribution in [2.75, 3.05) is 12.3 Å². The third-order valence-corrected chi connectivity index (χ3v) is 9.10. The smallest absolute Gasteiger partial charge is 0.163 e. The lowest BCUT2D eigenvalue weighted by molar-refractivity contribution is -0.196. The van der Waals surface area contributed by atoms with Crippen molar-refractivity contribution in [1.82, 2.24) is 19.5 Å². The first kappa shape index (κ1) is 22.7. The van der Waals surface area contributed by atoms with Crippen LogP contribution in [0.15, 0.2) is 47.3 Å². The van der Waals surface area contributed by atoms with E-state index in [2.05, 4.69) is 41.6 Å². The minimum atomic E-state index is -0.672. The van der Waals surface area contributed by atoms with Crippen LogP contribution < -0.4 is 10.5 Å². The first-order valence-corrected chi connectivity index (χ1v) is 13.2. The van der Waals surface area contributed by atoms with Crippen molar-refractivity contribution >= 4 is 55.3 Å². The normalized spacial score (nSPS) is 30.3. The number of aromatic nitrogens is 4. The van der Waals surface area contributed by atoms with Crippen molar-refractivity contribution in [3.63, 3.8) is 0 Å². The predicted molar refractivity (Wildman–Crippen MR) is 140 cm³/mol. The van der Waals surface area contributed by atoms with E-state index in [9.17, 15) is 0 Å². The van der Waals surface area contributed by atoms with Gasteiger partial charge in [0, 0.05) is 23.1 Å². The standard InChI is InChI=1S/C26H25BrClN5O3/c1-25(2)35-20-19(33-8-6-15-22(28)30-12-31-24(15)33)16-5-7-26(16,21(20)36-25)11-34-14-4-3-13-9-17(27)23(29)32-18(13)10-14/h3-4,6,8-10,12,16,19-21H,5,7,11H2,1-2H3,(H2,29,32)/t16-,19-,20+,21+,26+/m1/s1. The number of benzene rings is 1. The fourth-order valence-electron chi connectivity index (χ4n) is 6.50. The van der Waals surface area contributed by atoms with Gasteiger partial charge in [-0.15, -0.1) is 0 Å². The Balaban J connectivity index is 1.24. The molecule has 0 unspecified atom stereocenters. The highest BCUT2D eigenvalue weighted by Crippen LogP contribution is 2.66. The number of hydrogen-bond donors (Lipinski definition) is 1. The molecule has 0 bridgehead atoms. The Morgan fingerprint density at radius 3 is 2.89 bits per heavy atom. The van der Waals surface area contributed by atoms with E-state index in [-0.39, 0.29) is 23.7 Å². The minimum absolute atomic E-state index is 0.0630. The maximum absolute atomic E-state index is 6.55. The summed E-state index contributed by atoms with van der Waals surface area (Å²) in [6, 6.07) is 9.95. The number of nitrogens with two attached hydrogens (primary N) is 1. The second-order valence-electron chi connectivity index (χ2n) is 10.5. The average molecular weight is 571 g/mol. The van der Waals surface area contributed by atoms with E-state index < -0.39 is 5.79 Å². The predicted octanol–water partition coefficient (Wildman–Crippen LogP) is 5.53. The van der Waals surface area contributed by atoms with Gasteiger partial charge >= 0.3 is 0 Å². The topological polar surface area (TPSA) is 97.3 Å². The molecule has 186 valence electrons. The van der Waals surface area contributed by atoms with Crippen molar-refractivity contribution in [3.8, 4) is 5.75 Å². The molecule has 2 saturated carbocycles. The summed E-state index contributed by atoms with van der Waals surface area (Å²) in [6.07, 6.45) is 5.44. The summed E-state index contributed by atoms with van der Waals surface area (Å²) in [6.45, 7) is 4.49. The lowest BCUT2D eigenvalue weighted by Gasteiger charge is -2.49. The molecular weight excluding hydrogens is 546 g/mol. The molecule has 2 aliphatic carbocycles. The number of anilines is 1. The van der Waals surface area contributed by atoms with E-state index in [4.69, 9.17) is 31.5 Å². The number of nitrogen functional groups attached to an aromatic ring is 1. The van der Waals surface area contributed by atoms with Gasteiger partial charge in [0.05, 0.1) is 34.1 Å². The second-order valence-corrected chi connectivity index (χ2v) is 11.7. The van der Waals surface area contributed by atoms with Gasteiger partial charge in [0.25, 0.3) is 0 Å². The maximum Gasteiger partial charge on any atom is 0.163 e. The molecule has 4 heterocycles. The molecule has 3 aliphatic rings. The van der Waals surface area contributed by atoms with Crippen LogP contribution in [0.25, 0.3) is 21.9 Å². The minimum Gasteiger partial charge on any atom is -0.493 e. The Kier molecular flexibility index (Phi) is 4.90. The molecule has 36 heavy (non-hydrogen) atoms. The Bertz CT molecular complexity index is 1530. The Morgan fingerprint density at radius 2 is 2.08 bits per heavy atom. The number of halogens is 2. The Morgan fingerprint density at radius 1 is 1.22 bits per heavy atom. The SMILES string of the molecule is CC1(C)O[C@H]2[C@H](n3ccc4c(Cl)ncnc43)[C@H]3CC[C@@]3(COc3ccc4cc(Br)c(N)nc4c3)[C@H]2O1. The number of pyridine rings is 1. The van der Waals surface area contributed by atoms with E-state index in [1.165, 1.54) is 6.33 Å². The van der Waals surface area contributed by atoms with E-state index in [0.29, 0.717) is 23.5 Å². The lowest BCUT2D eigenvalue weighted by atomic mass is 9.60. The van der Waals surface area contributed by atoms with Gasteiger partial charge < -0.3 is 24.5 Å². The van der Waals surface area contributed by atoms with Crippen LogP contribution in [0.5, 0.6) is 5.75 Å². The largest absolute Gasteiger partial charge is 0.493 e. The van der Waals surface area contributed by atoms with Crippen molar-refractivity contribution in [3.05, 3.63) is 52.5 Å². The van der Waals surface area contributed by atoms with Gasteiger partial charge in [0.2, 0.25) is 0 Å². The van der Waals surface area contributed by atoms with Crippen LogP contribution in [-0.4, -0.2) is 44.1 Å². The van der Waals surface area contributed by atoms with Crippen molar-refractivity contribution in [1.29, 1.82) is 0 Å². The van der Waals surface area contributed by atoms with Crippen molar-refractivity contribution < 1.29 is 14.2 Å². The number of fused-ring (bicyclic) bond motifs is 5. The first-order valence-electron chi connectivity index (χ1n) is 12.1. The molecule has 0 amide bonds. The molecule has 0 radical (unpaired) electrons. The highest BCUT2D eigenvalue weighted by molar-refractivity contribution is 9.10. The number of ether oxygens (including phenoxy) is 3. The van der Waals surface area contributed by atoms with Crippen molar-refractivity contribution in [2.24, 2.45) is 11.3 Å². The Hall–Kier alpha value is -2.46. The highest BCUT2D eigenvalue weighted by Gasteiger charge is 2.71. The summed E-state index contributed by atoms with van der Waals surface area (Å²) in [5.74, 6) is 0.869. The zero-order chi connectivity index (χ0) is 24.8. The maximum atomic E-state index is 6.55. The molecule has 7 rings (SSSR count). The molecule has 1 saturated heterocycles. The summed E-state index contributed by atoms with van der Waals surface area (Å²) in [5.41, 5.74) is 7.45. The molecule has 5 atom stereocenters. The number of nitrogens with zero attached hydrogens (tertiary/aromatic N) is 4. The third kappa shape index (κ3) is 3.22. The van der Waals surface area contributed by atoms with E-state index >= 15 is 0 Å². The molecule has 0 spiro atoms. The van der Waals surface area contributed by atoms with Crippen LogP contribution in [0.2, 0.25) is 5.15 Å². The van der Waals surface area contributed by atoms with Crippen LogP contribution in [0, 0.1) is 11.3 Å². The van der Waals surface area contributed by atoms with Gasteiger partial charge in [-0.3, -0.25) is 0 Å². The molecular formula is C26H25BrClN5O3. The molecule has 4 aromatic rings. The van der Waals surface area contributed by atoms with E-state index in [1.807, 2.05) is 44.2 Å². The summed E-state index contributed by atoms with van der Waals surface area (Å²) in [7, 11) is 0. The second kappa shape index (κ2) is 7.77. The van der Waals surface area contributed by atoms with Crippen LogP contribution in [-0.2, 0) is 9.47 Å². The van der Waals surface area contributed by atoms with Gasteiger partial charge in [-0.05, 0) is 72.8 Å². The summed E-state index contributed by atoms with van der Waals surface area (Å²) in [4.78, 5) is 13.2. The third-order valence-electron chi connectivity index (χ3n) is 8.16. The summed E-state index contributed by atoms with van der Waals surface area (Å²) < 4.78 is 22.5. The molecule has 2 N–H and O–H groups in total. The molecule has 3 fully saturated rings. The zero-order valence-electron chi connectivity index (χ0n) is 19.8. The van der Waals surface area contributed by atoms with Crippen LogP contribution in [0.4, 0.5) is 5.82 Å².